The number of aromatic nitrogens is 3. The van der Waals surface area contributed by atoms with Crippen LogP contribution in [0.15, 0.2) is 24.3 Å². The van der Waals surface area contributed by atoms with E-state index in [0.29, 0.717) is 75.4 Å². The predicted octanol–water partition coefficient (Wildman–Crippen LogP) is 4.33. The number of carbonyl (C=O) groups is 6. The van der Waals surface area contributed by atoms with E-state index in [4.69, 9.17) is 14.2 Å². The van der Waals surface area contributed by atoms with Gasteiger partial charge in [0.05, 0.1) is 59.3 Å². The van der Waals surface area contributed by atoms with Crippen LogP contribution in [0.3, 0.4) is 0 Å². The smallest absolute Gasteiger partial charge is 0.410 e. The Morgan fingerprint density at radius 1 is 0.821 bits per heavy atom. The lowest BCUT2D eigenvalue weighted by Crippen LogP contribution is -2.59. The molecule has 2 saturated heterocycles. The van der Waals surface area contributed by atoms with E-state index in [-0.39, 0.29) is 60.0 Å². The fourth-order valence-electron chi connectivity index (χ4n) is 11.0. The van der Waals surface area contributed by atoms with Crippen molar-refractivity contribution in [1.29, 1.82) is 0 Å². The topological polar surface area (TPSA) is 244 Å². The zero-order valence-corrected chi connectivity index (χ0v) is 50.5. The number of methoxy groups -OCH3 is 2. The van der Waals surface area contributed by atoms with Crippen molar-refractivity contribution in [3.63, 3.8) is 0 Å². The standard InChI is InChI=1S/C54H88N10O11S3/c1-13-34(6)48(61(10)53(69)46(32(2)3)56-52(68)47(33(4)5)60(8)9)44(73-11)28-45(65)63-24-14-15-42(63)49(74-12)35(7)50(66)55-40(51(67)58-78(71,72)39-20-21-39)27-36-16-18-38(19-17-36)75-54(70)62-25-22-37(23-26-62)29-64-43(31-77)41(30-76)57-59-64/h16-19,32-35,37,39-40,42,44,46-49,76-77H,13-15,20-31H2,1-12H3,(H,55,66)(H,56,68)(H,58,67)/t34-,35+,40-,42-,44+,46-,47-,48-,49+/m0/s1. The molecular weight excluding hydrogens is 1060 g/mol. The first-order valence-corrected chi connectivity index (χ1v) is 30.3. The summed E-state index contributed by atoms with van der Waals surface area (Å²) in [6, 6.07) is 2.77. The Morgan fingerprint density at radius 3 is 2.01 bits per heavy atom. The molecule has 1 aromatic heterocycles. The van der Waals surface area contributed by atoms with Gasteiger partial charge in [0.15, 0.2) is 0 Å². The van der Waals surface area contributed by atoms with Crippen LogP contribution in [0.2, 0.25) is 0 Å². The molecule has 0 spiro atoms. The van der Waals surface area contributed by atoms with Crippen molar-refractivity contribution in [3.05, 3.63) is 41.2 Å². The van der Waals surface area contributed by atoms with Crippen molar-refractivity contribution >= 4 is 70.9 Å². The molecule has 1 aromatic carbocycles. The Hall–Kier alpha value is -4.49. The fraction of sp³-hybridized carbons (Fsp3) is 0.741. The maximum absolute atomic E-state index is 14.5. The molecule has 1 saturated carbocycles. The number of amides is 6. The first kappa shape index (κ1) is 64.3. The van der Waals surface area contributed by atoms with Crippen molar-refractivity contribution in [2.45, 2.75) is 172 Å². The molecular formula is C54H88N10O11S3. The molecule has 438 valence electrons. The lowest BCUT2D eigenvalue weighted by molar-refractivity contribution is -0.148. The SMILES string of the molecule is CC[C@H](C)[C@@H]([C@@H](CC(=O)N1CCC[C@H]1[C@H](OC)[C@@H](C)C(=O)N[C@@H](Cc1ccc(OC(=O)N2CCC(Cn3nnc(CS)c3CS)CC2)cc1)C(=O)NS(=O)(=O)C1CC1)OC)N(C)C(=O)[C@@H](NC(=O)[C@H](C(C)C)N(C)C)C(C)C. The second kappa shape index (κ2) is 29.3. The zero-order chi connectivity index (χ0) is 57.8. The van der Waals surface area contributed by atoms with Gasteiger partial charge in [-0.1, -0.05) is 72.2 Å². The molecule has 2 aromatic rings. The van der Waals surface area contributed by atoms with E-state index in [1.165, 1.54) is 14.2 Å². The van der Waals surface area contributed by atoms with E-state index >= 15 is 0 Å². The zero-order valence-electron chi connectivity index (χ0n) is 47.8. The molecule has 24 heteroatoms. The number of likely N-dealkylation sites (N-methyl/N-ethyl adjacent to an activating group) is 2. The number of piperidine rings is 1. The number of hydrogen-bond acceptors (Lipinski definition) is 16. The van der Waals surface area contributed by atoms with Gasteiger partial charge in [-0.2, -0.15) is 25.3 Å². The minimum Gasteiger partial charge on any atom is -0.410 e. The summed E-state index contributed by atoms with van der Waals surface area (Å²) in [7, 11) is 4.35. The highest BCUT2D eigenvalue weighted by Gasteiger charge is 2.44. The number of sulfonamides is 1. The molecule has 21 nitrogen and oxygen atoms in total. The van der Waals surface area contributed by atoms with E-state index in [2.05, 4.69) is 50.9 Å². The molecule has 3 aliphatic rings. The Bertz CT molecular complexity index is 2440. The van der Waals surface area contributed by atoms with Gasteiger partial charge >= 0.3 is 6.09 Å². The molecule has 3 fully saturated rings. The minimum atomic E-state index is -3.99. The number of likely N-dealkylation sites (tertiary alicyclic amines) is 2. The Kier molecular flexibility index (Phi) is 24.2. The summed E-state index contributed by atoms with van der Waals surface area (Å²) in [5.74, 6) is -2.00. The fourth-order valence-corrected chi connectivity index (χ4v) is 13.0. The number of thiol groups is 2. The molecule has 0 unspecified atom stereocenters. The van der Waals surface area contributed by atoms with E-state index in [0.717, 1.165) is 24.2 Å². The van der Waals surface area contributed by atoms with Crippen molar-refractivity contribution in [2.24, 2.45) is 29.6 Å². The van der Waals surface area contributed by atoms with E-state index in [1.807, 2.05) is 65.2 Å². The third-order valence-electron chi connectivity index (χ3n) is 15.9. The molecule has 5 rings (SSSR count). The molecule has 0 radical (unpaired) electrons. The lowest BCUT2D eigenvalue weighted by Gasteiger charge is -2.41. The Balaban J connectivity index is 1.25. The summed E-state index contributed by atoms with van der Waals surface area (Å²) in [6.45, 7) is 15.4. The minimum absolute atomic E-state index is 0.00106. The molecule has 3 N–H and O–H groups in total. The van der Waals surface area contributed by atoms with Gasteiger partial charge < -0.3 is 39.5 Å². The Morgan fingerprint density at radius 2 is 1.47 bits per heavy atom. The van der Waals surface area contributed by atoms with Gasteiger partial charge in [-0.3, -0.25) is 33.6 Å². The third-order valence-corrected chi connectivity index (χ3v) is 18.3. The second-order valence-corrected chi connectivity index (χ2v) is 25.0. The van der Waals surface area contributed by atoms with Crippen LogP contribution in [-0.4, -0.2) is 181 Å². The van der Waals surface area contributed by atoms with Gasteiger partial charge in [-0.15, -0.1) is 5.10 Å². The number of ether oxygens (including phenoxy) is 3. The van der Waals surface area contributed by atoms with Crippen LogP contribution >= 0.6 is 25.3 Å². The second-order valence-electron chi connectivity index (χ2n) is 22.4. The maximum atomic E-state index is 14.5. The number of rotatable bonds is 28. The largest absolute Gasteiger partial charge is 0.415 e. The van der Waals surface area contributed by atoms with Gasteiger partial charge in [-0.05, 0) is 94.0 Å². The highest BCUT2D eigenvalue weighted by atomic mass is 32.2. The molecule has 0 bridgehead atoms. The number of benzene rings is 1. The quantitative estimate of drug-likeness (QED) is 0.0746. The number of nitrogens with one attached hydrogen (secondary N) is 3. The van der Waals surface area contributed by atoms with Crippen LogP contribution in [-0.2, 0) is 67.9 Å². The third kappa shape index (κ3) is 16.6. The lowest BCUT2D eigenvalue weighted by atomic mass is 9.89. The summed E-state index contributed by atoms with van der Waals surface area (Å²) >= 11 is 8.78. The molecule has 3 heterocycles. The monoisotopic (exact) mass is 1150 g/mol. The number of carbonyl (C=O) groups excluding carboxylic acids is 6. The predicted molar refractivity (Wildman–Crippen MR) is 303 cm³/mol. The number of hydrogen-bond donors (Lipinski definition) is 5. The highest BCUT2D eigenvalue weighted by Crippen LogP contribution is 2.31. The normalized spacial score (nSPS) is 19.4. The summed E-state index contributed by atoms with van der Waals surface area (Å²) in [5.41, 5.74) is 2.30. The summed E-state index contributed by atoms with van der Waals surface area (Å²) in [6.07, 6.45) is 1.92. The first-order chi connectivity index (χ1) is 36.9. The van der Waals surface area contributed by atoms with Gasteiger partial charge in [0.25, 0.3) is 5.91 Å². The molecule has 9 atom stereocenters. The van der Waals surface area contributed by atoms with E-state index in [9.17, 15) is 37.2 Å². The maximum Gasteiger partial charge on any atom is 0.415 e. The first-order valence-electron chi connectivity index (χ1n) is 27.5. The number of nitrogens with zero attached hydrogens (tertiary/aromatic N) is 7. The van der Waals surface area contributed by atoms with Gasteiger partial charge in [0.1, 0.15) is 17.8 Å². The van der Waals surface area contributed by atoms with Crippen LogP contribution in [0.5, 0.6) is 5.75 Å². The van der Waals surface area contributed by atoms with E-state index < -0.39 is 81.5 Å². The van der Waals surface area contributed by atoms with Crippen LogP contribution in [0, 0.1) is 29.6 Å². The molecule has 2 aliphatic heterocycles. The summed E-state index contributed by atoms with van der Waals surface area (Å²) in [4.78, 5) is 90.8. The van der Waals surface area contributed by atoms with Crippen LogP contribution < -0.4 is 20.1 Å². The van der Waals surface area contributed by atoms with Gasteiger partial charge in [-0.25, -0.2) is 17.9 Å². The van der Waals surface area contributed by atoms with Crippen LogP contribution in [0.4, 0.5) is 4.79 Å². The summed E-state index contributed by atoms with van der Waals surface area (Å²) in [5, 5.41) is 13.6. The van der Waals surface area contributed by atoms with E-state index in [1.54, 1.807) is 52.9 Å². The average Bonchev–Trinajstić information content (AvgIpc) is 4.06. The highest BCUT2D eigenvalue weighted by molar-refractivity contribution is 7.91. The van der Waals surface area contributed by atoms with Gasteiger partial charge in [0.2, 0.25) is 33.7 Å². The summed E-state index contributed by atoms with van der Waals surface area (Å²) < 4.78 is 47.9. The van der Waals surface area contributed by atoms with Crippen molar-refractivity contribution in [2.75, 3.05) is 55.0 Å². The molecule has 1 aliphatic carbocycles. The molecule has 6 amide bonds. The average molecular weight is 1150 g/mol. The van der Waals surface area contributed by atoms with Crippen molar-refractivity contribution in [1.82, 2.24) is 49.9 Å². The van der Waals surface area contributed by atoms with Crippen LogP contribution in [0.1, 0.15) is 117 Å². The van der Waals surface area contributed by atoms with Gasteiger partial charge in [0, 0.05) is 65.4 Å². The molecule has 78 heavy (non-hydrogen) atoms. The van der Waals surface area contributed by atoms with Crippen molar-refractivity contribution < 1.29 is 51.4 Å². The van der Waals surface area contributed by atoms with Crippen molar-refractivity contribution in [3.8, 4) is 5.75 Å². The van der Waals surface area contributed by atoms with Crippen LogP contribution in [0.25, 0.3) is 0 Å². The Labute approximate surface area is 473 Å².